The van der Waals surface area contributed by atoms with Gasteiger partial charge in [-0.3, -0.25) is 4.79 Å². The van der Waals surface area contributed by atoms with E-state index in [-0.39, 0.29) is 11.7 Å². The van der Waals surface area contributed by atoms with E-state index in [4.69, 9.17) is 5.73 Å². The van der Waals surface area contributed by atoms with Gasteiger partial charge in [-0.15, -0.1) is 11.8 Å². The first kappa shape index (κ1) is 17.4. The van der Waals surface area contributed by atoms with Gasteiger partial charge in [-0.2, -0.15) is 0 Å². The van der Waals surface area contributed by atoms with E-state index in [2.05, 4.69) is 0 Å². The number of carbonyl (C=O) groups is 1. The number of phenols is 1. The van der Waals surface area contributed by atoms with E-state index >= 15 is 0 Å². The minimum atomic E-state index is 0.0976. The van der Waals surface area contributed by atoms with E-state index in [0.29, 0.717) is 25.4 Å². The van der Waals surface area contributed by atoms with Crippen molar-refractivity contribution in [1.82, 2.24) is 4.90 Å². The van der Waals surface area contributed by atoms with Crippen LogP contribution in [-0.4, -0.2) is 34.8 Å². The first-order valence-electron chi connectivity index (χ1n) is 7.62. The molecular weight excluding hydrogens is 308 g/mol. The number of nitrogens with zero attached hydrogens (tertiary/aromatic N) is 1. The van der Waals surface area contributed by atoms with Crippen LogP contribution in [0.3, 0.4) is 0 Å². The van der Waals surface area contributed by atoms with E-state index in [1.165, 1.54) is 11.8 Å². The second kappa shape index (κ2) is 9.22. The Balaban J connectivity index is 1.94. The van der Waals surface area contributed by atoms with Gasteiger partial charge in [0.2, 0.25) is 5.91 Å². The predicted octanol–water partition coefficient (Wildman–Crippen LogP) is 2.86. The minimum absolute atomic E-state index is 0.0976. The summed E-state index contributed by atoms with van der Waals surface area (Å²) in [6, 6.07) is 16.9. The molecule has 0 aromatic heterocycles. The molecular formula is C18H22N2O2S. The number of amides is 1. The van der Waals surface area contributed by atoms with Crippen molar-refractivity contribution in [1.29, 1.82) is 0 Å². The summed E-state index contributed by atoms with van der Waals surface area (Å²) in [6.07, 6.45) is 0.794. The van der Waals surface area contributed by atoms with Crippen LogP contribution in [0.2, 0.25) is 0 Å². The summed E-state index contributed by atoms with van der Waals surface area (Å²) in [4.78, 5) is 15.3. The lowest BCUT2D eigenvalue weighted by molar-refractivity contribution is -0.129. The maximum Gasteiger partial charge on any atom is 0.233 e. The van der Waals surface area contributed by atoms with E-state index < -0.39 is 0 Å². The highest BCUT2D eigenvalue weighted by Crippen LogP contribution is 2.21. The lowest BCUT2D eigenvalue weighted by Crippen LogP contribution is -2.33. The van der Waals surface area contributed by atoms with Gasteiger partial charge in [0.25, 0.3) is 0 Å². The van der Waals surface area contributed by atoms with Crippen LogP contribution in [0.15, 0.2) is 59.5 Å². The second-order valence-corrected chi connectivity index (χ2v) is 6.27. The molecule has 3 N–H and O–H groups in total. The minimum Gasteiger partial charge on any atom is -0.508 e. The molecule has 122 valence electrons. The Labute approximate surface area is 141 Å². The van der Waals surface area contributed by atoms with Crippen LogP contribution in [0.5, 0.6) is 5.75 Å². The van der Waals surface area contributed by atoms with Gasteiger partial charge in [-0.05, 0) is 42.8 Å². The zero-order chi connectivity index (χ0) is 16.5. The Morgan fingerprint density at radius 1 is 1.09 bits per heavy atom. The Bertz CT molecular complexity index is 602. The van der Waals surface area contributed by atoms with Gasteiger partial charge in [0.1, 0.15) is 5.75 Å². The number of carbonyl (C=O) groups excluding carboxylic acids is 1. The maximum atomic E-state index is 12.5. The Morgan fingerprint density at radius 3 is 2.43 bits per heavy atom. The molecule has 0 unspecified atom stereocenters. The van der Waals surface area contributed by atoms with Crippen molar-refractivity contribution >= 4 is 17.7 Å². The van der Waals surface area contributed by atoms with Gasteiger partial charge in [-0.25, -0.2) is 0 Å². The van der Waals surface area contributed by atoms with E-state index in [1.54, 1.807) is 12.1 Å². The smallest absolute Gasteiger partial charge is 0.233 e. The molecule has 5 heteroatoms. The summed E-state index contributed by atoms with van der Waals surface area (Å²) in [5.41, 5.74) is 6.70. The number of thioether (sulfide) groups is 1. The summed E-state index contributed by atoms with van der Waals surface area (Å²) >= 11 is 1.48. The SMILES string of the molecule is NCCCN(Cc1ccccc1)C(=O)CSc1ccc(O)cc1. The average Bonchev–Trinajstić information content (AvgIpc) is 2.58. The molecule has 2 rings (SSSR count). The number of benzene rings is 2. The average molecular weight is 330 g/mol. The van der Waals surface area contributed by atoms with Crippen molar-refractivity contribution in [2.75, 3.05) is 18.8 Å². The molecule has 0 spiro atoms. The lowest BCUT2D eigenvalue weighted by Gasteiger charge is -2.22. The van der Waals surface area contributed by atoms with Gasteiger partial charge >= 0.3 is 0 Å². The number of nitrogens with two attached hydrogens (primary N) is 1. The molecule has 0 radical (unpaired) electrons. The van der Waals surface area contributed by atoms with Crippen molar-refractivity contribution in [3.8, 4) is 5.75 Å². The van der Waals surface area contributed by atoms with E-state index in [0.717, 1.165) is 16.9 Å². The topological polar surface area (TPSA) is 66.6 Å². The third kappa shape index (κ3) is 5.96. The van der Waals surface area contributed by atoms with Crippen molar-refractivity contribution in [2.24, 2.45) is 5.73 Å². The molecule has 0 aliphatic carbocycles. The van der Waals surface area contributed by atoms with Gasteiger partial charge < -0.3 is 15.7 Å². The second-order valence-electron chi connectivity index (χ2n) is 5.23. The molecule has 0 atom stereocenters. The van der Waals surface area contributed by atoms with Gasteiger partial charge in [0, 0.05) is 18.0 Å². The zero-order valence-electron chi connectivity index (χ0n) is 13.0. The number of hydrogen-bond acceptors (Lipinski definition) is 4. The first-order valence-corrected chi connectivity index (χ1v) is 8.61. The summed E-state index contributed by atoms with van der Waals surface area (Å²) in [5.74, 6) is 0.706. The standard InChI is InChI=1S/C18H22N2O2S/c19-11-4-12-20(13-15-5-2-1-3-6-15)18(22)14-23-17-9-7-16(21)8-10-17/h1-3,5-10,21H,4,11-14,19H2. The fraction of sp³-hybridized carbons (Fsp3) is 0.278. The maximum absolute atomic E-state index is 12.5. The van der Waals surface area contributed by atoms with Crippen LogP contribution in [-0.2, 0) is 11.3 Å². The fourth-order valence-corrected chi connectivity index (χ4v) is 2.96. The van der Waals surface area contributed by atoms with Crippen molar-refractivity contribution in [3.05, 3.63) is 60.2 Å². The van der Waals surface area contributed by atoms with Crippen LogP contribution in [0.1, 0.15) is 12.0 Å². The van der Waals surface area contributed by atoms with E-state index in [1.807, 2.05) is 47.4 Å². The summed E-state index contributed by atoms with van der Waals surface area (Å²) in [6.45, 7) is 1.85. The molecule has 0 saturated carbocycles. The number of hydrogen-bond donors (Lipinski definition) is 2. The number of phenolic OH excluding ortho intramolecular Hbond substituents is 1. The molecule has 0 aliphatic rings. The molecule has 0 heterocycles. The van der Waals surface area contributed by atoms with Crippen molar-refractivity contribution < 1.29 is 9.90 Å². The third-order valence-corrected chi connectivity index (χ3v) is 4.40. The highest BCUT2D eigenvalue weighted by Gasteiger charge is 2.14. The fourth-order valence-electron chi connectivity index (χ4n) is 2.16. The third-order valence-electron chi connectivity index (χ3n) is 3.40. The van der Waals surface area contributed by atoms with Gasteiger partial charge in [-0.1, -0.05) is 30.3 Å². The molecule has 4 nitrogen and oxygen atoms in total. The van der Waals surface area contributed by atoms with Gasteiger partial charge in [0.15, 0.2) is 0 Å². The monoisotopic (exact) mass is 330 g/mol. The molecule has 1 amide bonds. The highest BCUT2D eigenvalue weighted by atomic mass is 32.2. The normalized spacial score (nSPS) is 10.5. The molecule has 2 aromatic carbocycles. The lowest BCUT2D eigenvalue weighted by atomic mass is 10.2. The Morgan fingerprint density at radius 2 is 1.78 bits per heavy atom. The Hall–Kier alpha value is -1.98. The van der Waals surface area contributed by atoms with Crippen LogP contribution >= 0.6 is 11.8 Å². The highest BCUT2D eigenvalue weighted by molar-refractivity contribution is 8.00. The van der Waals surface area contributed by atoms with Crippen LogP contribution in [0, 0.1) is 0 Å². The van der Waals surface area contributed by atoms with E-state index in [9.17, 15) is 9.90 Å². The number of rotatable bonds is 8. The molecule has 0 bridgehead atoms. The summed E-state index contributed by atoms with van der Waals surface area (Å²) in [5, 5.41) is 9.29. The van der Waals surface area contributed by atoms with Gasteiger partial charge in [0.05, 0.1) is 5.75 Å². The van der Waals surface area contributed by atoms with Crippen LogP contribution in [0.4, 0.5) is 0 Å². The Kier molecular flexibility index (Phi) is 6.97. The molecule has 0 saturated heterocycles. The largest absolute Gasteiger partial charge is 0.508 e. The quantitative estimate of drug-likeness (QED) is 0.731. The summed E-state index contributed by atoms with van der Waals surface area (Å²) in [7, 11) is 0. The molecule has 2 aromatic rings. The van der Waals surface area contributed by atoms with Crippen LogP contribution < -0.4 is 5.73 Å². The molecule has 0 fully saturated rings. The van der Waals surface area contributed by atoms with Crippen molar-refractivity contribution in [2.45, 2.75) is 17.9 Å². The van der Waals surface area contributed by atoms with Crippen molar-refractivity contribution in [3.63, 3.8) is 0 Å². The first-order chi connectivity index (χ1) is 11.2. The zero-order valence-corrected chi connectivity index (χ0v) is 13.8. The number of aromatic hydroxyl groups is 1. The molecule has 0 aliphatic heterocycles. The molecule has 23 heavy (non-hydrogen) atoms. The van der Waals surface area contributed by atoms with Crippen LogP contribution in [0.25, 0.3) is 0 Å². The summed E-state index contributed by atoms with van der Waals surface area (Å²) < 4.78 is 0. The predicted molar refractivity (Wildman–Crippen MR) is 94.4 cm³/mol.